The van der Waals surface area contributed by atoms with E-state index in [0.29, 0.717) is 17.0 Å². The number of aromatic nitrogens is 2. The van der Waals surface area contributed by atoms with Gasteiger partial charge in [-0.15, -0.1) is 0 Å². The van der Waals surface area contributed by atoms with Crippen LogP contribution in [0.1, 0.15) is 30.6 Å². The van der Waals surface area contributed by atoms with E-state index >= 15 is 0 Å². The summed E-state index contributed by atoms with van der Waals surface area (Å²) in [5.41, 5.74) is 1.49. The molecule has 0 aliphatic rings. The largest absolute Gasteiger partial charge is 0.308 e. The van der Waals surface area contributed by atoms with Gasteiger partial charge in [-0.05, 0) is 43.1 Å². The van der Waals surface area contributed by atoms with E-state index in [1.165, 1.54) is 12.4 Å². The molecule has 1 heterocycles. The van der Waals surface area contributed by atoms with Crippen molar-refractivity contribution in [3.8, 4) is 0 Å². The molecular weight excluding hydrogens is 277 g/mol. The van der Waals surface area contributed by atoms with Gasteiger partial charge >= 0.3 is 0 Å². The molecule has 0 amide bonds. The van der Waals surface area contributed by atoms with E-state index < -0.39 is 0 Å². The van der Waals surface area contributed by atoms with E-state index in [4.69, 9.17) is 11.6 Å². The number of hydrogen-bond donors (Lipinski definition) is 1. The Morgan fingerprint density at radius 2 is 2.20 bits per heavy atom. The Hall–Kier alpha value is -1.52. The van der Waals surface area contributed by atoms with E-state index in [2.05, 4.69) is 22.2 Å². The molecule has 2 rings (SSSR count). The van der Waals surface area contributed by atoms with Crippen LogP contribution >= 0.6 is 11.6 Å². The highest BCUT2D eigenvalue weighted by Gasteiger charge is 2.15. The minimum Gasteiger partial charge on any atom is -0.308 e. The van der Waals surface area contributed by atoms with Crippen molar-refractivity contribution in [3.05, 3.63) is 58.9 Å². The van der Waals surface area contributed by atoms with Gasteiger partial charge in [0.25, 0.3) is 0 Å². The van der Waals surface area contributed by atoms with Gasteiger partial charge in [0.15, 0.2) is 0 Å². The van der Waals surface area contributed by atoms with Crippen LogP contribution in [-0.2, 0) is 6.42 Å². The third kappa shape index (κ3) is 3.99. The fourth-order valence-corrected chi connectivity index (χ4v) is 2.17. The molecule has 0 spiro atoms. The van der Waals surface area contributed by atoms with E-state index in [0.717, 1.165) is 18.7 Å². The second-order valence-electron chi connectivity index (χ2n) is 4.58. The highest BCUT2D eigenvalue weighted by atomic mass is 35.5. The zero-order chi connectivity index (χ0) is 14.4. The van der Waals surface area contributed by atoms with Crippen LogP contribution in [0.5, 0.6) is 0 Å². The lowest BCUT2D eigenvalue weighted by Gasteiger charge is -2.18. The van der Waals surface area contributed by atoms with Crippen LogP contribution in [0.3, 0.4) is 0 Å². The second kappa shape index (κ2) is 7.31. The van der Waals surface area contributed by atoms with Crippen molar-refractivity contribution in [2.45, 2.75) is 25.8 Å². The molecule has 1 aromatic carbocycles. The van der Waals surface area contributed by atoms with Crippen molar-refractivity contribution in [3.63, 3.8) is 0 Å². The number of nitrogens with one attached hydrogen (secondary N) is 1. The number of hydrogen-bond acceptors (Lipinski definition) is 3. The average Bonchev–Trinajstić information content (AvgIpc) is 2.46. The molecule has 1 atom stereocenters. The van der Waals surface area contributed by atoms with Crippen LogP contribution in [0.15, 0.2) is 36.8 Å². The topological polar surface area (TPSA) is 37.8 Å². The fourth-order valence-electron chi connectivity index (χ4n) is 2.01. The Kier molecular flexibility index (Phi) is 5.44. The molecular formula is C15H17ClFN3. The molecule has 1 unspecified atom stereocenters. The first kappa shape index (κ1) is 14.9. The molecule has 0 aliphatic heterocycles. The summed E-state index contributed by atoms with van der Waals surface area (Å²) in [6.45, 7) is 2.94. The molecule has 0 aliphatic carbocycles. The summed E-state index contributed by atoms with van der Waals surface area (Å²) in [4.78, 5) is 8.17. The molecule has 0 saturated carbocycles. The molecule has 106 valence electrons. The van der Waals surface area contributed by atoms with Crippen molar-refractivity contribution in [2.75, 3.05) is 6.54 Å². The van der Waals surface area contributed by atoms with Crippen molar-refractivity contribution in [2.24, 2.45) is 0 Å². The summed E-state index contributed by atoms with van der Waals surface area (Å²) in [7, 11) is 0. The van der Waals surface area contributed by atoms with Gasteiger partial charge < -0.3 is 5.32 Å². The van der Waals surface area contributed by atoms with Gasteiger partial charge in [0, 0.05) is 11.2 Å². The Balaban J connectivity index is 2.19. The minimum atomic E-state index is -0.283. The molecule has 5 heteroatoms. The maximum absolute atomic E-state index is 13.9. The molecule has 0 bridgehead atoms. The van der Waals surface area contributed by atoms with Crippen molar-refractivity contribution in [1.82, 2.24) is 15.3 Å². The summed E-state index contributed by atoms with van der Waals surface area (Å²) in [6.07, 6.45) is 4.74. The molecule has 0 radical (unpaired) electrons. The minimum absolute atomic E-state index is 0.0337. The van der Waals surface area contributed by atoms with Crippen LogP contribution in [0, 0.1) is 5.82 Å². The van der Waals surface area contributed by atoms with Crippen molar-refractivity contribution < 1.29 is 4.39 Å². The van der Waals surface area contributed by atoms with Gasteiger partial charge in [-0.2, -0.15) is 0 Å². The third-order valence-corrected chi connectivity index (χ3v) is 3.28. The lowest BCUT2D eigenvalue weighted by atomic mass is 10.0. The quantitative estimate of drug-likeness (QED) is 0.885. The first-order valence-electron chi connectivity index (χ1n) is 6.64. The predicted molar refractivity (Wildman–Crippen MR) is 78.2 cm³/mol. The van der Waals surface area contributed by atoms with E-state index in [-0.39, 0.29) is 11.9 Å². The van der Waals surface area contributed by atoms with Gasteiger partial charge in [0.2, 0.25) is 0 Å². The first-order valence-corrected chi connectivity index (χ1v) is 7.01. The summed E-state index contributed by atoms with van der Waals surface area (Å²) >= 11 is 5.78. The van der Waals surface area contributed by atoms with E-state index in [9.17, 15) is 4.39 Å². The number of benzene rings is 1. The van der Waals surface area contributed by atoms with Gasteiger partial charge in [-0.25, -0.2) is 14.4 Å². The lowest BCUT2D eigenvalue weighted by molar-refractivity contribution is 0.502. The number of halogens is 2. The Morgan fingerprint density at radius 1 is 1.35 bits per heavy atom. The lowest BCUT2D eigenvalue weighted by Crippen LogP contribution is -2.25. The average molecular weight is 294 g/mol. The summed E-state index contributed by atoms with van der Waals surface area (Å²) in [6, 6.07) is 6.58. The SMILES string of the molecule is CCCNC(Cc1ccc(Cl)cc1F)c1ccncn1. The summed E-state index contributed by atoms with van der Waals surface area (Å²) in [5, 5.41) is 3.79. The second-order valence-corrected chi connectivity index (χ2v) is 5.02. The zero-order valence-electron chi connectivity index (χ0n) is 11.3. The number of rotatable bonds is 6. The van der Waals surface area contributed by atoms with Crippen LogP contribution in [-0.4, -0.2) is 16.5 Å². The van der Waals surface area contributed by atoms with Crippen LogP contribution in [0.4, 0.5) is 4.39 Å². The van der Waals surface area contributed by atoms with Gasteiger partial charge in [0.1, 0.15) is 12.1 Å². The van der Waals surface area contributed by atoms with Crippen molar-refractivity contribution in [1.29, 1.82) is 0 Å². The molecule has 0 fully saturated rings. The standard InChI is InChI=1S/C15H17ClFN3/c1-2-6-19-15(14-5-7-18-10-20-14)8-11-3-4-12(16)9-13(11)17/h3-5,7,9-10,15,19H,2,6,8H2,1H3. The van der Waals surface area contributed by atoms with E-state index in [1.54, 1.807) is 18.3 Å². The smallest absolute Gasteiger partial charge is 0.127 e. The maximum atomic E-state index is 13.9. The van der Waals surface area contributed by atoms with Crippen LogP contribution in [0.25, 0.3) is 0 Å². The van der Waals surface area contributed by atoms with Gasteiger partial charge in [-0.1, -0.05) is 24.6 Å². The molecule has 0 saturated heterocycles. The Labute approximate surface area is 123 Å². The molecule has 1 aromatic heterocycles. The third-order valence-electron chi connectivity index (χ3n) is 3.04. The summed E-state index contributed by atoms with van der Waals surface area (Å²) in [5.74, 6) is -0.283. The van der Waals surface area contributed by atoms with E-state index in [1.807, 2.05) is 6.07 Å². The monoisotopic (exact) mass is 293 g/mol. The number of nitrogens with zero attached hydrogens (tertiary/aromatic N) is 2. The van der Waals surface area contributed by atoms with Crippen LogP contribution in [0.2, 0.25) is 5.02 Å². The Morgan fingerprint density at radius 3 is 2.85 bits per heavy atom. The Bertz CT molecular complexity index is 548. The summed E-state index contributed by atoms with van der Waals surface area (Å²) < 4.78 is 13.9. The van der Waals surface area contributed by atoms with Crippen molar-refractivity contribution >= 4 is 11.6 Å². The zero-order valence-corrected chi connectivity index (χ0v) is 12.1. The molecule has 3 nitrogen and oxygen atoms in total. The van der Waals surface area contributed by atoms with Crippen LogP contribution < -0.4 is 5.32 Å². The predicted octanol–water partition coefficient (Wildman–Crippen LogP) is 3.55. The first-order chi connectivity index (χ1) is 9.70. The highest BCUT2D eigenvalue weighted by molar-refractivity contribution is 6.30. The molecule has 1 N–H and O–H groups in total. The van der Waals surface area contributed by atoms with Gasteiger partial charge in [0.05, 0.1) is 11.7 Å². The molecule has 20 heavy (non-hydrogen) atoms. The molecule has 2 aromatic rings. The fraction of sp³-hybridized carbons (Fsp3) is 0.333. The normalized spacial score (nSPS) is 12.3. The maximum Gasteiger partial charge on any atom is 0.127 e. The highest BCUT2D eigenvalue weighted by Crippen LogP contribution is 2.21. The van der Waals surface area contributed by atoms with Gasteiger partial charge in [-0.3, -0.25) is 0 Å².